The van der Waals surface area contributed by atoms with E-state index in [4.69, 9.17) is 9.47 Å². The lowest BCUT2D eigenvalue weighted by atomic mass is 10.2. The summed E-state index contributed by atoms with van der Waals surface area (Å²) in [6, 6.07) is 14.5. The van der Waals surface area contributed by atoms with E-state index in [1.807, 2.05) is 30.3 Å². The largest absolute Gasteiger partial charge is 0.486 e. The van der Waals surface area contributed by atoms with Gasteiger partial charge in [-0.1, -0.05) is 18.2 Å². The van der Waals surface area contributed by atoms with Gasteiger partial charge in [0, 0.05) is 24.5 Å². The summed E-state index contributed by atoms with van der Waals surface area (Å²) in [5.74, 6) is 1.49. The lowest BCUT2D eigenvalue weighted by molar-refractivity contribution is -0.383. The molecule has 9 heteroatoms. The van der Waals surface area contributed by atoms with Crippen LogP contribution in [-0.4, -0.2) is 35.2 Å². The molecule has 1 N–H and O–H groups in total. The van der Waals surface area contributed by atoms with Gasteiger partial charge >= 0.3 is 5.69 Å². The van der Waals surface area contributed by atoms with Crippen molar-refractivity contribution in [2.75, 3.05) is 30.5 Å². The number of benzene rings is 2. The highest BCUT2D eigenvalue weighted by atomic mass is 16.6. The number of anilines is 4. The third-order valence-corrected chi connectivity index (χ3v) is 4.25. The molecule has 28 heavy (non-hydrogen) atoms. The molecule has 4 rings (SSSR count). The van der Waals surface area contributed by atoms with Crippen LogP contribution in [0.1, 0.15) is 0 Å². The molecule has 9 nitrogen and oxygen atoms in total. The molecule has 2 aromatic carbocycles. The van der Waals surface area contributed by atoms with Crippen LogP contribution in [0.3, 0.4) is 0 Å². The predicted molar refractivity (Wildman–Crippen MR) is 104 cm³/mol. The molecule has 0 saturated carbocycles. The second kappa shape index (κ2) is 7.39. The maximum Gasteiger partial charge on any atom is 0.354 e. The molecule has 142 valence electrons. The van der Waals surface area contributed by atoms with Gasteiger partial charge in [0.1, 0.15) is 19.5 Å². The number of nitrogens with zero attached hydrogens (tertiary/aromatic N) is 4. The number of hydrogen-bond donors (Lipinski definition) is 1. The zero-order valence-corrected chi connectivity index (χ0v) is 15.0. The lowest BCUT2D eigenvalue weighted by Crippen LogP contribution is -2.16. The van der Waals surface area contributed by atoms with Crippen LogP contribution in [0.4, 0.5) is 28.7 Å². The van der Waals surface area contributed by atoms with E-state index in [2.05, 4.69) is 15.3 Å². The second-order valence-corrected chi connectivity index (χ2v) is 6.03. The maximum atomic E-state index is 11.8. The fourth-order valence-electron chi connectivity index (χ4n) is 2.91. The molecule has 0 fully saturated rings. The molecule has 3 aromatic rings. The Bertz CT molecular complexity index is 1010. The molecule has 0 unspecified atom stereocenters. The highest BCUT2D eigenvalue weighted by molar-refractivity contribution is 5.78. The van der Waals surface area contributed by atoms with E-state index in [-0.39, 0.29) is 17.3 Å². The Hall–Kier alpha value is -3.88. The van der Waals surface area contributed by atoms with Gasteiger partial charge in [-0.05, 0) is 24.3 Å². The Labute approximate surface area is 160 Å². The Morgan fingerprint density at radius 2 is 1.82 bits per heavy atom. The SMILES string of the molecule is CN(c1ccccc1)c1ncnc(Nc2ccc3c(c2)OCCO3)c1[N+](=O)[O-]. The van der Waals surface area contributed by atoms with Gasteiger partial charge in [0.05, 0.1) is 4.92 Å². The van der Waals surface area contributed by atoms with E-state index < -0.39 is 4.92 Å². The quantitative estimate of drug-likeness (QED) is 0.529. The van der Waals surface area contributed by atoms with Gasteiger partial charge in [0.25, 0.3) is 0 Å². The van der Waals surface area contributed by atoms with Crippen LogP contribution in [0, 0.1) is 10.1 Å². The van der Waals surface area contributed by atoms with Crippen molar-refractivity contribution < 1.29 is 14.4 Å². The Kier molecular flexibility index (Phi) is 4.63. The first-order chi connectivity index (χ1) is 13.6. The Morgan fingerprint density at radius 1 is 1.07 bits per heavy atom. The van der Waals surface area contributed by atoms with Crippen molar-refractivity contribution in [2.24, 2.45) is 0 Å². The molecule has 0 radical (unpaired) electrons. The molecule has 1 aromatic heterocycles. The van der Waals surface area contributed by atoms with Gasteiger partial charge in [0.2, 0.25) is 11.6 Å². The summed E-state index contributed by atoms with van der Waals surface area (Å²) >= 11 is 0. The smallest absolute Gasteiger partial charge is 0.354 e. The van der Waals surface area contributed by atoms with Gasteiger partial charge in [0.15, 0.2) is 11.5 Å². The Morgan fingerprint density at radius 3 is 2.57 bits per heavy atom. The first kappa shape index (κ1) is 17.5. The van der Waals surface area contributed by atoms with E-state index in [1.165, 1.54) is 6.33 Å². The van der Waals surface area contributed by atoms with Crippen molar-refractivity contribution in [3.63, 3.8) is 0 Å². The number of hydrogen-bond acceptors (Lipinski definition) is 8. The van der Waals surface area contributed by atoms with E-state index in [0.29, 0.717) is 30.4 Å². The van der Waals surface area contributed by atoms with Crippen LogP contribution < -0.4 is 19.7 Å². The van der Waals surface area contributed by atoms with Crippen molar-refractivity contribution in [3.05, 3.63) is 65.0 Å². The minimum absolute atomic E-state index is 0.0921. The molecule has 1 aliphatic rings. The van der Waals surface area contributed by atoms with Gasteiger partial charge in [-0.15, -0.1) is 0 Å². The number of nitro groups is 1. The minimum Gasteiger partial charge on any atom is -0.486 e. The first-order valence-corrected chi connectivity index (χ1v) is 8.58. The Balaban J connectivity index is 1.71. The van der Waals surface area contributed by atoms with Crippen LogP contribution in [0.25, 0.3) is 0 Å². The monoisotopic (exact) mass is 379 g/mol. The van der Waals surface area contributed by atoms with Crippen molar-refractivity contribution in [2.45, 2.75) is 0 Å². The molecule has 2 heterocycles. The fraction of sp³-hybridized carbons (Fsp3) is 0.158. The zero-order valence-electron chi connectivity index (χ0n) is 15.0. The first-order valence-electron chi connectivity index (χ1n) is 8.58. The summed E-state index contributed by atoms with van der Waals surface area (Å²) < 4.78 is 11.1. The van der Waals surface area contributed by atoms with Gasteiger partial charge in [-0.3, -0.25) is 10.1 Å². The molecule has 0 atom stereocenters. The minimum atomic E-state index is -0.491. The van der Waals surface area contributed by atoms with Crippen LogP contribution in [0.2, 0.25) is 0 Å². The number of fused-ring (bicyclic) bond motifs is 1. The van der Waals surface area contributed by atoms with Crippen LogP contribution in [-0.2, 0) is 0 Å². The van der Waals surface area contributed by atoms with Crippen molar-refractivity contribution in [3.8, 4) is 11.5 Å². The normalized spacial score (nSPS) is 12.3. The van der Waals surface area contributed by atoms with Crippen LogP contribution in [0.15, 0.2) is 54.9 Å². The average molecular weight is 379 g/mol. The molecular weight excluding hydrogens is 362 g/mol. The number of rotatable bonds is 5. The second-order valence-electron chi connectivity index (χ2n) is 6.03. The van der Waals surface area contributed by atoms with Crippen LogP contribution >= 0.6 is 0 Å². The third kappa shape index (κ3) is 3.37. The van der Waals surface area contributed by atoms with E-state index in [9.17, 15) is 10.1 Å². The molecule has 0 spiro atoms. The standard InChI is InChI=1S/C19H17N5O4/c1-23(14-5-3-2-4-6-14)19-17(24(25)26)18(20-12-21-19)22-13-7-8-15-16(11-13)28-10-9-27-15/h2-8,11-12H,9-10H2,1H3,(H,20,21,22). The van der Waals surface area contributed by atoms with Crippen LogP contribution in [0.5, 0.6) is 11.5 Å². The molecule has 0 bridgehead atoms. The summed E-state index contributed by atoms with van der Waals surface area (Å²) in [4.78, 5) is 21.2. The van der Waals surface area contributed by atoms with Crippen molar-refractivity contribution in [1.82, 2.24) is 9.97 Å². The summed E-state index contributed by atoms with van der Waals surface area (Å²) in [6.07, 6.45) is 1.29. The number of nitrogens with one attached hydrogen (secondary N) is 1. The lowest BCUT2D eigenvalue weighted by Gasteiger charge is -2.20. The molecule has 0 aliphatic carbocycles. The van der Waals surface area contributed by atoms with Gasteiger partial charge in [-0.2, -0.15) is 0 Å². The predicted octanol–water partition coefficient (Wildman–Crippen LogP) is 3.67. The topological polar surface area (TPSA) is 103 Å². The van der Waals surface area contributed by atoms with Gasteiger partial charge < -0.3 is 19.7 Å². The molecular formula is C19H17N5O4. The highest BCUT2D eigenvalue weighted by Crippen LogP contribution is 2.38. The summed E-state index contributed by atoms with van der Waals surface area (Å²) in [6.45, 7) is 0.947. The molecule has 0 amide bonds. The average Bonchev–Trinajstić information content (AvgIpc) is 2.73. The summed E-state index contributed by atoms with van der Waals surface area (Å²) in [7, 11) is 1.72. The van der Waals surface area contributed by atoms with E-state index >= 15 is 0 Å². The molecule has 1 aliphatic heterocycles. The van der Waals surface area contributed by atoms with Gasteiger partial charge in [-0.25, -0.2) is 9.97 Å². The van der Waals surface area contributed by atoms with Crippen molar-refractivity contribution in [1.29, 1.82) is 0 Å². The van der Waals surface area contributed by atoms with E-state index in [0.717, 1.165) is 5.69 Å². The van der Waals surface area contributed by atoms with Crippen molar-refractivity contribution >= 4 is 28.7 Å². The molecule has 0 saturated heterocycles. The summed E-state index contributed by atoms with van der Waals surface area (Å²) in [5, 5.41) is 14.8. The third-order valence-electron chi connectivity index (χ3n) is 4.25. The number of aromatic nitrogens is 2. The number of para-hydroxylation sites is 1. The zero-order chi connectivity index (χ0) is 19.5. The maximum absolute atomic E-state index is 11.8. The fourth-order valence-corrected chi connectivity index (χ4v) is 2.91. The highest BCUT2D eigenvalue weighted by Gasteiger charge is 2.26. The summed E-state index contributed by atoms with van der Waals surface area (Å²) in [5.41, 5.74) is 1.15. The van der Waals surface area contributed by atoms with E-state index in [1.54, 1.807) is 30.1 Å². The number of ether oxygens (including phenoxy) is 2.